The van der Waals surface area contributed by atoms with Crippen molar-refractivity contribution in [3.63, 3.8) is 0 Å². The van der Waals surface area contributed by atoms with Crippen molar-refractivity contribution in [2.45, 2.75) is 62.2 Å². The molecular weight excluding hydrogens is 358 g/mol. The fourth-order valence-electron chi connectivity index (χ4n) is 4.16. The first-order chi connectivity index (χ1) is 11.0. The maximum Gasteiger partial charge on any atom is 0.411 e. The molecule has 2 saturated carbocycles. The van der Waals surface area contributed by atoms with Crippen LogP contribution in [0.4, 0.5) is 4.79 Å². The van der Waals surface area contributed by atoms with Crippen LogP contribution in [-0.2, 0) is 10.3 Å². The van der Waals surface area contributed by atoms with Crippen molar-refractivity contribution in [3.8, 4) is 0 Å². The molecule has 0 bridgehead atoms. The quantitative estimate of drug-likeness (QED) is 0.845. The van der Waals surface area contributed by atoms with E-state index in [0.29, 0.717) is 0 Å². The van der Waals surface area contributed by atoms with Gasteiger partial charge in [0.1, 0.15) is 5.60 Å². The Kier molecular flexibility index (Phi) is 3.69. The molecule has 0 aromatic heterocycles. The van der Waals surface area contributed by atoms with Crippen LogP contribution in [0, 0.1) is 0 Å². The van der Waals surface area contributed by atoms with E-state index in [4.69, 9.17) is 4.74 Å². The lowest BCUT2D eigenvalue weighted by Crippen LogP contribution is -2.54. The number of ether oxygens (including phenoxy) is 1. The minimum absolute atomic E-state index is 0.159. The van der Waals surface area contributed by atoms with Gasteiger partial charge in [-0.1, -0.05) is 28.1 Å². The molecule has 4 nitrogen and oxygen atoms in total. The minimum atomic E-state index is -0.331. The first-order valence-corrected chi connectivity index (χ1v) is 9.27. The van der Waals surface area contributed by atoms with E-state index >= 15 is 0 Å². The topological polar surface area (TPSA) is 49.8 Å². The minimum Gasteiger partial charge on any atom is -0.443 e. The molecule has 0 unspecified atom stereocenters. The molecule has 1 saturated heterocycles. The van der Waals surface area contributed by atoms with E-state index in [1.54, 1.807) is 0 Å². The number of nitrogens with zero attached hydrogens (tertiary/aromatic N) is 1. The second-order valence-corrected chi connectivity index (χ2v) is 8.14. The Morgan fingerprint density at radius 3 is 2.30 bits per heavy atom. The van der Waals surface area contributed by atoms with Crippen LogP contribution < -0.4 is 0 Å². The Labute approximate surface area is 144 Å². The van der Waals surface area contributed by atoms with Gasteiger partial charge in [0.2, 0.25) is 0 Å². The van der Waals surface area contributed by atoms with Gasteiger partial charge in [-0.05, 0) is 56.2 Å². The summed E-state index contributed by atoms with van der Waals surface area (Å²) in [4.78, 5) is 14.6. The van der Waals surface area contributed by atoms with E-state index in [-0.39, 0.29) is 23.3 Å². The summed E-state index contributed by atoms with van der Waals surface area (Å²) in [6.07, 6.45) is 5.56. The molecule has 2 aliphatic carbocycles. The zero-order chi connectivity index (χ0) is 16.1. The van der Waals surface area contributed by atoms with Crippen molar-refractivity contribution in [1.29, 1.82) is 0 Å². The van der Waals surface area contributed by atoms with Gasteiger partial charge in [0.25, 0.3) is 0 Å². The van der Waals surface area contributed by atoms with Crippen molar-refractivity contribution in [2.24, 2.45) is 0 Å². The lowest BCUT2D eigenvalue weighted by Gasteiger charge is -2.46. The van der Waals surface area contributed by atoms with Gasteiger partial charge in [-0.25, -0.2) is 4.79 Å². The van der Waals surface area contributed by atoms with Gasteiger partial charge >= 0.3 is 6.09 Å². The molecule has 1 aliphatic heterocycles. The van der Waals surface area contributed by atoms with Crippen molar-refractivity contribution < 1.29 is 14.6 Å². The third-order valence-electron chi connectivity index (χ3n) is 5.80. The number of benzene rings is 1. The second-order valence-electron chi connectivity index (χ2n) is 7.22. The maximum absolute atomic E-state index is 12.7. The number of aliphatic hydroxyl groups excluding tert-OH is 1. The zero-order valence-corrected chi connectivity index (χ0v) is 14.7. The highest BCUT2D eigenvalue weighted by Gasteiger charge is 2.55. The highest BCUT2D eigenvalue weighted by molar-refractivity contribution is 9.10. The van der Waals surface area contributed by atoms with Crippen LogP contribution in [0.15, 0.2) is 28.7 Å². The van der Waals surface area contributed by atoms with E-state index in [1.165, 1.54) is 5.56 Å². The second kappa shape index (κ2) is 5.49. The molecule has 1 heterocycles. The average Bonchev–Trinajstić information content (AvgIpc) is 3.33. The molecule has 1 aromatic carbocycles. The molecule has 1 amide bonds. The fourth-order valence-corrected chi connectivity index (χ4v) is 4.42. The third-order valence-corrected chi connectivity index (χ3v) is 6.33. The summed E-state index contributed by atoms with van der Waals surface area (Å²) >= 11 is 3.47. The first-order valence-electron chi connectivity index (χ1n) is 8.48. The Morgan fingerprint density at radius 1 is 1.09 bits per heavy atom. The summed E-state index contributed by atoms with van der Waals surface area (Å²) in [6, 6.07) is 8.28. The Bertz CT molecular complexity index is 603. The predicted octanol–water partition coefficient (Wildman–Crippen LogP) is 3.95. The van der Waals surface area contributed by atoms with Gasteiger partial charge in [-0.3, -0.25) is 4.90 Å². The number of carbonyl (C=O) groups is 1. The van der Waals surface area contributed by atoms with Crippen LogP contribution in [0.2, 0.25) is 0 Å². The maximum atomic E-state index is 12.7. The molecule has 4 rings (SSSR count). The van der Waals surface area contributed by atoms with Crippen LogP contribution >= 0.6 is 15.9 Å². The standard InChI is InChI=1S/C18H22BrNO3/c19-14-3-1-13(2-4-14)18(9-10-18)20-12-11-17(23-16(20)22)7-5-15(21)6-8-17/h1-4,15,21H,5-12H2/t15-,17+. The summed E-state index contributed by atoms with van der Waals surface area (Å²) < 4.78 is 6.97. The van der Waals surface area contributed by atoms with Crippen LogP contribution in [0.5, 0.6) is 0 Å². The lowest BCUT2D eigenvalue weighted by molar-refractivity contribution is -0.0942. The number of halogens is 1. The molecule has 1 aromatic rings. The van der Waals surface area contributed by atoms with E-state index in [9.17, 15) is 9.90 Å². The number of rotatable bonds is 2. The number of hydrogen-bond donors (Lipinski definition) is 1. The fraction of sp³-hybridized carbons (Fsp3) is 0.611. The van der Waals surface area contributed by atoms with Gasteiger partial charge in [0.05, 0.1) is 11.6 Å². The summed E-state index contributed by atoms with van der Waals surface area (Å²) in [5.74, 6) is 0. The molecule has 5 heteroatoms. The molecular formula is C18H22BrNO3. The summed E-state index contributed by atoms with van der Waals surface area (Å²) in [5, 5.41) is 9.70. The molecule has 3 fully saturated rings. The third kappa shape index (κ3) is 2.68. The van der Waals surface area contributed by atoms with Crippen LogP contribution in [0.1, 0.15) is 50.5 Å². The van der Waals surface area contributed by atoms with Crippen LogP contribution in [0.25, 0.3) is 0 Å². The van der Waals surface area contributed by atoms with Gasteiger partial charge in [0.15, 0.2) is 0 Å². The van der Waals surface area contributed by atoms with Crippen molar-refractivity contribution in [2.75, 3.05) is 6.54 Å². The molecule has 3 aliphatic rings. The summed E-state index contributed by atoms with van der Waals surface area (Å²) in [5.41, 5.74) is 0.712. The Hall–Kier alpha value is -1.07. The van der Waals surface area contributed by atoms with E-state index in [1.807, 2.05) is 17.0 Å². The number of amides is 1. The lowest BCUT2D eigenvalue weighted by atomic mass is 9.80. The van der Waals surface area contributed by atoms with Gasteiger partial charge in [-0.2, -0.15) is 0 Å². The SMILES string of the molecule is O=C1O[C@]2(CCN1C1(c3ccc(Br)cc3)CC1)CC[C@H](O)CC2. The van der Waals surface area contributed by atoms with Crippen molar-refractivity contribution >= 4 is 22.0 Å². The van der Waals surface area contributed by atoms with Crippen LogP contribution in [-0.4, -0.2) is 34.3 Å². The zero-order valence-electron chi connectivity index (χ0n) is 13.1. The van der Waals surface area contributed by atoms with Gasteiger partial charge in [0, 0.05) is 17.4 Å². The predicted molar refractivity (Wildman–Crippen MR) is 90.1 cm³/mol. The van der Waals surface area contributed by atoms with E-state index in [0.717, 1.165) is 56.0 Å². The smallest absolute Gasteiger partial charge is 0.411 e. The summed E-state index contributed by atoms with van der Waals surface area (Å²) in [7, 11) is 0. The average molecular weight is 380 g/mol. The number of carbonyl (C=O) groups excluding carboxylic acids is 1. The monoisotopic (exact) mass is 379 g/mol. The number of aliphatic hydroxyl groups is 1. The molecule has 0 radical (unpaired) electrons. The molecule has 124 valence electrons. The Balaban J connectivity index is 1.51. The van der Waals surface area contributed by atoms with Gasteiger partial charge in [-0.15, -0.1) is 0 Å². The van der Waals surface area contributed by atoms with Crippen molar-refractivity contribution in [3.05, 3.63) is 34.3 Å². The largest absolute Gasteiger partial charge is 0.443 e. The van der Waals surface area contributed by atoms with E-state index in [2.05, 4.69) is 28.1 Å². The molecule has 1 spiro atoms. The number of hydrogen-bond acceptors (Lipinski definition) is 3. The van der Waals surface area contributed by atoms with Crippen molar-refractivity contribution in [1.82, 2.24) is 4.90 Å². The van der Waals surface area contributed by atoms with Crippen LogP contribution in [0.3, 0.4) is 0 Å². The van der Waals surface area contributed by atoms with E-state index < -0.39 is 0 Å². The summed E-state index contributed by atoms with van der Waals surface area (Å²) in [6.45, 7) is 0.755. The first kappa shape index (κ1) is 15.5. The highest BCUT2D eigenvalue weighted by atomic mass is 79.9. The normalized spacial score (nSPS) is 32.7. The Morgan fingerprint density at radius 2 is 1.74 bits per heavy atom. The molecule has 1 N–H and O–H groups in total. The molecule has 23 heavy (non-hydrogen) atoms. The molecule has 0 atom stereocenters. The highest BCUT2D eigenvalue weighted by Crippen LogP contribution is 2.53. The van der Waals surface area contributed by atoms with Gasteiger partial charge < -0.3 is 9.84 Å².